The molecule has 0 fully saturated rings. The maximum atomic E-state index is 11.5. The molecule has 0 bridgehead atoms. The van der Waals surface area contributed by atoms with Gasteiger partial charge in [-0.3, -0.25) is 4.79 Å². The summed E-state index contributed by atoms with van der Waals surface area (Å²) in [6.45, 7) is 0.617. The zero-order valence-corrected chi connectivity index (χ0v) is 9.03. The van der Waals surface area contributed by atoms with Crippen LogP contribution in [0.3, 0.4) is 0 Å². The zero-order chi connectivity index (χ0) is 9.80. The molecule has 1 amide bonds. The molecule has 0 spiro atoms. The van der Waals surface area contributed by atoms with Crippen molar-refractivity contribution < 1.29 is 4.79 Å². The van der Waals surface area contributed by atoms with Crippen molar-refractivity contribution in [1.82, 2.24) is 5.32 Å². The molecule has 0 radical (unpaired) electrons. The number of rotatable bonds is 3. The van der Waals surface area contributed by atoms with E-state index in [1.54, 1.807) is 11.3 Å². The average molecular weight is 223 g/mol. The lowest BCUT2D eigenvalue weighted by Crippen LogP contribution is -2.21. The number of hydrogen-bond acceptors (Lipinski definition) is 3. The van der Waals surface area contributed by atoms with Gasteiger partial charge in [-0.05, 0) is 22.9 Å². The van der Waals surface area contributed by atoms with Crippen LogP contribution in [0.2, 0.25) is 0 Å². The van der Waals surface area contributed by atoms with Gasteiger partial charge >= 0.3 is 0 Å². The highest BCUT2D eigenvalue weighted by Gasteiger charge is 2.04. The Kier molecular flexibility index (Phi) is 2.96. The molecule has 1 N–H and O–H groups in total. The van der Waals surface area contributed by atoms with Crippen molar-refractivity contribution in [3.63, 3.8) is 0 Å². The summed E-state index contributed by atoms with van der Waals surface area (Å²) in [6.07, 6.45) is 0. The van der Waals surface area contributed by atoms with E-state index in [1.807, 2.05) is 34.3 Å². The fourth-order valence-corrected chi connectivity index (χ4v) is 2.36. The second kappa shape index (κ2) is 4.39. The normalized spacial score (nSPS) is 10.0. The lowest BCUT2D eigenvalue weighted by molar-refractivity contribution is 0.0952. The molecule has 72 valence electrons. The molecule has 2 aromatic heterocycles. The van der Waals surface area contributed by atoms with E-state index in [2.05, 4.69) is 5.32 Å². The third-order valence-electron chi connectivity index (χ3n) is 1.79. The van der Waals surface area contributed by atoms with Crippen LogP contribution in [0.4, 0.5) is 0 Å². The van der Waals surface area contributed by atoms with Crippen LogP contribution in [0, 0.1) is 0 Å². The first-order valence-electron chi connectivity index (χ1n) is 4.19. The van der Waals surface area contributed by atoms with E-state index in [4.69, 9.17) is 0 Å². The van der Waals surface area contributed by atoms with Gasteiger partial charge in [-0.15, -0.1) is 11.3 Å². The third-order valence-corrected chi connectivity index (χ3v) is 3.35. The highest BCUT2D eigenvalue weighted by Crippen LogP contribution is 2.09. The summed E-state index contributed by atoms with van der Waals surface area (Å²) in [5.41, 5.74) is 0.742. The molecule has 0 saturated carbocycles. The van der Waals surface area contributed by atoms with Gasteiger partial charge in [-0.2, -0.15) is 11.3 Å². The summed E-state index contributed by atoms with van der Waals surface area (Å²) in [6, 6.07) is 5.82. The van der Waals surface area contributed by atoms with Crippen molar-refractivity contribution in [3.05, 3.63) is 44.8 Å². The van der Waals surface area contributed by atoms with E-state index >= 15 is 0 Å². The molecule has 2 aromatic rings. The van der Waals surface area contributed by atoms with Gasteiger partial charge in [0.15, 0.2) is 0 Å². The van der Waals surface area contributed by atoms with Crippen LogP contribution in [0.5, 0.6) is 0 Å². The minimum atomic E-state index is -0.000324. The molecule has 0 aliphatic heterocycles. The van der Waals surface area contributed by atoms with E-state index in [0.717, 1.165) is 5.56 Å². The number of thiophene rings is 2. The molecular weight excluding hydrogens is 214 g/mol. The minimum absolute atomic E-state index is 0.000324. The van der Waals surface area contributed by atoms with Crippen molar-refractivity contribution in [2.24, 2.45) is 0 Å². The van der Waals surface area contributed by atoms with Crippen molar-refractivity contribution in [2.75, 3.05) is 0 Å². The summed E-state index contributed by atoms with van der Waals surface area (Å²) >= 11 is 3.18. The SMILES string of the molecule is O=C(NCc1cccs1)c1ccsc1. The van der Waals surface area contributed by atoms with Crippen LogP contribution in [0.25, 0.3) is 0 Å². The zero-order valence-electron chi connectivity index (χ0n) is 7.40. The Balaban J connectivity index is 1.90. The largest absolute Gasteiger partial charge is 0.347 e. The molecule has 0 aliphatic carbocycles. The van der Waals surface area contributed by atoms with Gasteiger partial charge < -0.3 is 5.32 Å². The second-order valence-electron chi connectivity index (χ2n) is 2.77. The fourth-order valence-electron chi connectivity index (χ4n) is 1.08. The number of amides is 1. The lowest BCUT2D eigenvalue weighted by atomic mass is 10.3. The smallest absolute Gasteiger partial charge is 0.252 e. The molecule has 2 heterocycles. The maximum absolute atomic E-state index is 11.5. The van der Waals surface area contributed by atoms with Crippen LogP contribution in [-0.4, -0.2) is 5.91 Å². The van der Waals surface area contributed by atoms with Crippen LogP contribution in [0.1, 0.15) is 15.2 Å². The third kappa shape index (κ3) is 2.21. The van der Waals surface area contributed by atoms with Crippen molar-refractivity contribution in [1.29, 1.82) is 0 Å². The summed E-state index contributed by atoms with van der Waals surface area (Å²) in [5, 5.41) is 8.63. The molecule has 4 heteroatoms. The van der Waals surface area contributed by atoms with Crippen molar-refractivity contribution >= 4 is 28.6 Å². The molecule has 0 aliphatic rings. The van der Waals surface area contributed by atoms with Crippen molar-refractivity contribution in [2.45, 2.75) is 6.54 Å². The van der Waals surface area contributed by atoms with Gasteiger partial charge in [-0.25, -0.2) is 0 Å². The van der Waals surface area contributed by atoms with Crippen LogP contribution in [0.15, 0.2) is 34.3 Å². The van der Waals surface area contributed by atoms with Crippen LogP contribution < -0.4 is 5.32 Å². The predicted molar refractivity (Wildman–Crippen MR) is 59.8 cm³/mol. The van der Waals surface area contributed by atoms with Gasteiger partial charge in [0.2, 0.25) is 0 Å². The van der Waals surface area contributed by atoms with Crippen LogP contribution in [-0.2, 0) is 6.54 Å². The minimum Gasteiger partial charge on any atom is -0.347 e. The number of carbonyl (C=O) groups excluding carboxylic acids is 1. The van der Waals surface area contributed by atoms with E-state index < -0.39 is 0 Å². The number of carbonyl (C=O) groups is 1. The highest BCUT2D eigenvalue weighted by atomic mass is 32.1. The summed E-state index contributed by atoms with van der Waals surface area (Å²) in [4.78, 5) is 12.7. The first-order chi connectivity index (χ1) is 6.86. The average Bonchev–Trinajstić information content (AvgIpc) is 2.87. The highest BCUT2D eigenvalue weighted by molar-refractivity contribution is 7.09. The monoisotopic (exact) mass is 223 g/mol. The first-order valence-corrected chi connectivity index (χ1v) is 6.01. The van der Waals surface area contributed by atoms with E-state index in [9.17, 15) is 4.79 Å². The Hall–Kier alpha value is -1.13. The molecule has 14 heavy (non-hydrogen) atoms. The van der Waals surface area contributed by atoms with E-state index in [1.165, 1.54) is 16.2 Å². The Bertz CT molecular complexity index is 392. The van der Waals surface area contributed by atoms with E-state index in [-0.39, 0.29) is 5.91 Å². The Morgan fingerprint density at radius 1 is 1.36 bits per heavy atom. The molecule has 2 nitrogen and oxygen atoms in total. The summed E-state index contributed by atoms with van der Waals surface area (Å²) in [5.74, 6) is -0.000324. The maximum Gasteiger partial charge on any atom is 0.252 e. The second-order valence-corrected chi connectivity index (χ2v) is 4.59. The summed E-state index contributed by atoms with van der Waals surface area (Å²) < 4.78 is 0. The molecule has 0 unspecified atom stereocenters. The van der Waals surface area contributed by atoms with Crippen molar-refractivity contribution in [3.8, 4) is 0 Å². The van der Waals surface area contributed by atoms with Gasteiger partial charge in [-0.1, -0.05) is 6.07 Å². The fraction of sp³-hybridized carbons (Fsp3) is 0.100. The topological polar surface area (TPSA) is 29.1 Å². The van der Waals surface area contributed by atoms with E-state index in [0.29, 0.717) is 6.54 Å². The molecular formula is C10H9NOS2. The molecule has 0 saturated heterocycles. The van der Waals surface area contributed by atoms with Crippen LogP contribution >= 0.6 is 22.7 Å². The van der Waals surface area contributed by atoms with Gasteiger partial charge in [0.05, 0.1) is 6.54 Å². The quantitative estimate of drug-likeness (QED) is 0.851. The van der Waals surface area contributed by atoms with Gasteiger partial charge in [0, 0.05) is 15.8 Å². The molecule has 2 rings (SSSR count). The predicted octanol–water partition coefficient (Wildman–Crippen LogP) is 2.74. The first kappa shape index (κ1) is 9.43. The number of hydrogen-bond donors (Lipinski definition) is 1. The Labute approximate surface area is 90.2 Å². The Morgan fingerprint density at radius 2 is 2.29 bits per heavy atom. The van der Waals surface area contributed by atoms with Gasteiger partial charge in [0.1, 0.15) is 0 Å². The number of nitrogens with one attached hydrogen (secondary N) is 1. The summed E-state index contributed by atoms with van der Waals surface area (Å²) in [7, 11) is 0. The standard InChI is InChI=1S/C10H9NOS2/c12-10(8-3-5-13-7-8)11-6-9-2-1-4-14-9/h1-5,7H,6H2,(H,11,12). The van der Waals surface area contributed by atoms with Gasteiger partial charge in [0.25, 0.3) is 5.91 Å². The molecule has 0 aromatic carbocycles. The lowest BCUT2D eigenvalue weighted by Gasteiger charge is -2.00. The Morgan fingerprint density at radius 3 is 2.93 bits per heavy atom. The molecule has 0 atom stereocenters.